The third-order valence-electron chi connectivity index (χ3n) is 3.70. The van der Waals surface area contributed by atoms with Gasteiger partial charge in [-0.25, -0.2) is 0 Å². The Morgan fingerprint density at radius 2 is 1.90 bits per heavy atom. The van der Waals surface area contributed by atoms with Gasteiger partial charge in [0, 0.05) is 5.69 Å². The zero-order chi connectivity index (χ0) is 14.3. The van der Waals surface area contributed by atoms with Crippen LogP contribution in [-0.2, 0) is 4.74 Å². The summed E-state index contributed by atoms with van der Waals surface area (Å²) in [5, 5.41) is 32.7. The highest BCUT2D eigenvalue weighted by Gasteiger charge is 2.51. The van der Waals surface area contributed by atoms with Gasteiger partial charge in [0.1, 0.15) is 24.4 Å². The molecular weight excluding hydrogens is 280 g/mol. The molecule has 2 fully saturated rings. The predicted molar refractivity (Wildman–Crippen MR) is 76.2 cm³/mol. The van der Waals surface area contributed by atoms with Gasteiger partial charge in [-0.2, -0.15) is 0 Å². The molecule has 0 aliphatic carbocycles. The predicted octanol–water partition coefficient (Wildman–Crippen LogP) is -0.811. The summed E-state index contributed by atoms with van der Waals surface area (Å²) >= 11 is 5.28. The Kier molecular flexibility index (Phi) is 3.61. The fourth-order valence-electron chi connectivity index (χ4n) is 2.65. The minimum atomic E-state index is -1.15. The third kappa shape index (κ3) is 2.07. The molecule has 6 nitrogen and oxygen atoms in total. The number of ether oxygens (including phenoxy) is 1. The molecule has 2 heterocycles. The minimum Gasteiger partial charge on any atom is -0.394 e. The van der Waals surface area contributed by atoms with Crippen LogP contribution in [0.2, 0.25) is 0 Å². The number of rotatable bonds is 2. The van der Waals surface area contributed by atoms with Gasteiger partial charge in [0.25, 0.3) is 0 Å². The second-order valence-electron chi connectivity index (χ2n) is 4.91. The highest BCUT2D eigenvalue weighted by Crippen LogP contribution is 2.31. The van der Waals surface area contributed by atoms with E-state index in [1.54, 1.807) is 4.90 Å². The highest BCUT2D eigenvalue weighted by atomic mass is 32.1. The van der Waals surface area contributed by atoms with Crippen molar-refractivity contribution in [1.82, 2.24) is 5.32 Å². The number of benzene rings is 1. The standard InChI is InChI=1S/C13H16N2O4S/c16-6-8-10(17)11(18)9-12(19-8)15(13(20)14-9)7-4-2-1-3-5-7/h1-5,8-12,16-18H,6H2,(H,14,20)/t8-,9-,10+,11-,12+/m0/s1. The molecule has 1 aromatic rings. The van der Waals surface area contributed by atoms with Gasteiger partial charge in [0.05, 0.1) is 6.61 Å². The van der Waals surface area contributed by atoms with E-state index in [1.807, 2.05) is 30.3 Å². The summed E-state index contributed by atoms with van der Waals surface area (Å²) in [5.41, 5.74) is 0.831. The van der Waals surface area contributed by atoms with E-state index in [0.29, 0.717) is 5.11 Å². The van der Waals surface area contributed by atoms with Crippen molar-refractivity contribution >= 4 is 23.0 Å². The van der Waals surface area contributed by atoms with E-state index in [0.717, 1.165) is 5.69 Å². The molecule has 7 heteroatoms. The summed E-state index contributed by atoms with van der Waals surface area (Å²) in [6.45, 7) is -0.364. The largest absolute Gasteiger partial charge is 0.394 e. The van der Waals surface area contributed by atoms with Crippen LogP contribution in [0.25, 0.3) is 0 Å². The molecule has 2 aliphatic rings. The number of thiocarbonyl (C=S) groups is 1. The minimum absolute atomic E-state index is 0.364. The van der Waals surface area contributed by atoms with Crippen molar-refractivity contribution in [2.24, 2.45) is 0 Å². The van der Waals surface area contributed by atoms with E-state index < -0.39 is 30.6 Å². The second kappa shape index (κ2) is 5.27. The average Bonchev–Trinajstić information content (AvgIpc) is 2.80. The van der Waals surface area contributed by atoms with Gasteiger partial charge in [0.15, 0.2) is 11.3 Å². The number of nitrogens with one attached hydrogen (secondary N) is 1. The van der Waals surface area contributed by atoms with Crippen molar-refractivity contribution in [3.63, 3.8) is 0 Å². The van der Waals surface area contributed by atoms with Crippen LogP contribution in [0.15, 0.2) is 30.3 Å². The molecule has 0 aromatic heterocycles. The molecule has 20 heavy (non-hydrogen) atoms. The Bertz CT molecular complexity index is 500. The lowest BCUT2D eigenvalue weighted by Gasteiger charge is -2.40. The molecule has 0 amide bonds. The molecule has 5 atom stereocenters. The summed E-state index contributed by atoms with van der Waals surface area (Å²) < 4.78 is 5.70. The molecular formula is C13H16N2O4S. The number of nitrogens with zero attached hydrogens (tertiary/aromatic N) is 1. The van der Waals surface area contributed by atoms with Crippen molar-refractivity contribution in [3.05, 3.63) is 30.3 Å². The number of fused-ring (bicyclic) bond motifs is 1. The van der Waals surface area contributed by atoms with Gasteiger partial charge in [-0.15, -0.1) is 0 Å². The molecule has 2 saturated heterocycles. The molecule has 3 rings (SSSR count). The average molecular weight is 296 g/mol. The lowest BCUT2D eigenvalue weighted by atomic mass is 9.97. The zero-order valence-electron chi connectivity index (χ0n) is 10.6. The fourth-order valence-corrected chi connectivity index (χ4v) is 3.00. The smallest absolute Gasteiger partial charge is 0.176 e. The molecule has 4 N–H and O–H groups in total. The van der Waals surface area contributed by atoms with Crippen LogP contribution in [-0.4, -0.2) is 57.6 Å². The molecule has 0 spiro atoms. The van der Waals surface area contributed by atoms with Gasteiger partial charge in [0.2, 0.25) is 0 Å². The first-order chi connectivity index (χ1) is 9.63. The van der Waals surface area contributed by atoms with Crippen LogP contribution in [0.1, 0.15) is 0 Å². The molecule has 0 saturated carbocycles. The topological polar surface area (TPSA) is 85.2 Å². The summed E-state index contributed by atoms with van der Waals surface area (Å²) in [6, 6.07) is 8.88. The summed E-state index contributed by atoms with van der Waals surface area (Å²) in [5.74, 6) is 0. The van der Waals surface area contributed by atoms with Crippen LogP contribution in [0, 0.1) is 0 Å². The first kappa shape index (κ1) is 13.7. The van der Waals surface area contributed by atoms with Crippen molar-refractivity contribution in [1.29, 1.82) is 0 Å². The van der Waals surface area contributed by atoms with Gasteiger partial charge in [-0.05, 0) is 24.4 Å². The van der Waals surface area contributed by atoms with Gasteiger partial charge in [-0.1, -0.05) is 18.2 Å². The lowest BCUT2D eigenvalue weighted by molar-refractivity contribution is -0.184. The zero-order valence-corrected chi connectivity index (χ0v) is 11.4. The van der Waals surface area contributed by atoms with E-state index in [9.17, 15) is 15.3 Å². The Balaban J connectivity index is 1.92. The van der Waals surface area contributed by atoms with Gasteiger partial charge < -0.3 is 25.4 Å². The third-order valence-corrected chi connectivity index (χ3v) is 4.01. The molecule has 1 aromatic carbocycles. The molecule has 0 unspecified atom stereocenters. The molecule has 2 aliphatic heterocycles. The number of aliphatic hydroxyl groups excluding tert-OH is 3. The van der Waals surface area contributed by atoms with E-state index in [2.05, 4.69) is 5.32 Å². The normalized spacial score (nSPS) is 36.6. The second-order valence-corrected chi connectivity index (χ2v) is 5.30. The number of hydrogen-bond donors (Lipinski definition) is 4. The molecule has 0 bridgehead atoms. The van der Waals surface area contributed by atoms with Crippen molar-refractivity contribution in [2.75, 3.05) is 11.5 Å². The van der Waals surface area contributed by atoms with Crippen LogP contribution < -0.4 is 10.2 Å². The number of anilines is 1. The summed E-state index contributed by atoms with van der Waals surface area (Å²) in [7, 11) is 0. The first-order valence-corrected chi connectivity index (χ1v) is 6.81. The van der Waals surface area contributed by atoms with Crippen molar-refractivity contribution in [3.8, 4) is 0 Å². The van der Waals surface area contributed by atoms with Crippen LogP contribution in [0.4, 0.5) is 5.69 Å². The van der Waals surface area contributed by atoms with E-state index in [1.165, 1.54) is 0 Å². The van der Waals surface area contributed by atoms with Gasteiger partial charge >= 0.3 is 0 Å². The number of hydrogen-bond acceptors (Lipinski definition) is 5. The van der Waals surface area contributed by atoms with E-state index in [-0.39, 0.29) is 6.61 Å². The maximum absolute atomic E-state index is 10.1. The quantitative estimate of drug-likeness (QED) is 0.531. The maximum atomic E-state index is 10.1. The fraction of sp³-hybridized carbons (Fsp3) is 0.462. The highest BCUT2D eigenvalue weighted by molar-refractivity contribution is 7.80. The Labute approximate surface area is 121 Å². The summed E-state index contributed by atoms with van der Waals surface area (Å²) in [4.78, 5) is 1.75. The summed E-state index contributed by atoms with van der Waals surface area (Å²) in [6.07, 6.45) is -3.59. The van der Waals surface area contributed by atoms with E-state index in [4.69, 9.17) is 17.0 Å². The van der Waals surface area contributed by atoms with Crippen molar-refractivity contribution in [2.45, 2.75) is 30.6 Å². The van der Waals surface area contributed by atoms with Crippen LogP contribution in [0.3, 0.4) is 0 Å². The lowest BCUT2D eigenvalue weighted by Crippen LogP contribution is -2.61. The van der Waals surface area contributed by atoms with Gasteiger partial charge in [-0.3, -0.25) is 4.90 Å². The van der Waals surface area contributed by atoms with Crippen LogP contribution in [0.5, 0.6) is 0 Å². The Hall–Kier alpha value is -1.25. The van der Waals surface area contributed by atoms with E-state index >= 15 is 0 Å². The van der Waals surface area contributed by atoms with Crippen molar-refractivity contribution < 1.29 is 20.1 Å². The number of para-hydroxylation sites is 1. The molecule has 108 valence electrons. The monoisotopic (exact) mass is 296 g/mol. The SMILES string of the molecule is OC[C@@H]1O[C@@H]2[C@@H](NC(=S)N2c2ccccc2)[C@H](O)[C@@H]1O. The first-order valence-electron chi connectivity index (χ1n) is 6.40. The Morgan fingerprint density at radius 3 is 2.55 bits per heavy atom. The van der Waals surface area contributed by atoms with Crippen LogP contribution >= 0.6 is 12.2 Å². The number of aliphatic hydroxyl groups is 3. The Morgan fingerprint density at radius 1 is 1.20 bits per heavy atom. The molecule has 0 radical (unpaired) electrons. The maximum Gasteiger partial charge on any atom is 0.176 e.